The van der Waals surface area contributed by atoms with Crippen LogP contribution < -0.4 is 0 Å². The third kappa shape index (κ3) is 19.2. The fraction of sp³-hybridized carbons (Fsp3) is 0.957. The van der Waals surface area contributed by atoms with E-state index < -0.39 is 33.2 Å². The maximum absolute atomic E-state index is 12.7. The van der Waals surface area contributed by atoms with Crippen LogP contribution in [-0.4, -0.2) is 78.5 Å². The lowest BCUT2D eigenvalue weighted by atomic mass is 10.0. The molecule has 0 spiro atoms. The molecule has 0 aliphatic carbocycles. The van der Waals surface area contributed by atoms with Crippen molar-refractivity contribution in [1.29, 1.82) is 0 Å². The summed E-state index contributed by atoms with van der Waals surface area (Å²) in [6, 6.07) is 0. The molecule has 0 aromatic rings. The summed E-state index contributed by atoms with van der Waals surface area (Å²) in [6.45, 7) is 1.32. The topological polar surface area (TPSA) is 113 Å². The molecule has 3 atom stereocenters. The molecule has 3 N–H and O–H groups in total. The standard InChI is InChI=1S/C23H48NO7P/c1-5-6-7-8-9-10-11-12-13-14-15-16-17-22(27)23(18-24(2,3)4)31-32(28,29)30-20-21(26)19-25/h21,23,25-26H,5-20H2,1-4H3/p+1/t21-,23?/m1/s1. The largest absolute Gasteiger partial charge is 0.473 e. The van der Waals surface area contributed by atoms with Crippen LogP contribution in [0, 0.1) is 0 Å². The number of unbranched alkanes of at least 4 members (excludes halogenated alkanes) is 11. The number of likely N-dealkylation sites (N-methyl/N-ethyl adjacent to an activating group) is 1. The zero-order valence-corrected chi connectivity index (χ0v) is 21.7. The molecule has 0 aromatic carbocycles. The van der Waals surface area contributed by atoms with E-state index in [0.717, 1.165) is 19.3 Å². The van der Waals surface area contributed by atoms with Crippen LogP contribution in [0.25, 0.3) is 0 Å². The summed E-state index contributed by atoms with van der Waals surface area (Å²) in [5, 5.41) is 18.1. The van der Waals surface area contributed by atoms with Gasteiger partial charge in [0, 0.05) is 6.42 Å². The summed E-state index contributed by atoms with van der Waals surface area (Å²) in [5.41, 5.74) is 0. The molecular formula is C23H49NO7P+. The highest BCUT2D eigenvalue weighted by atomic mass is 31.2. The zero-order chi connectivity index (χ0) is 24.5. The van der Waals surface area contributed by atoms with Gasteiger partial charge >= 0.3 is 7.82 Å². The van der Waals surface area contributed by atoms with E-state index in [1.54, 1.807) is 0 Å². The zero-order valence-electron chi connectivity index (χ0n) is 20.8. The van der Waals surface area contributed by atoms with Gasteiger partial charge in [0.1, 0.15) is 12.6 Å². The van der Waals surface area contributed by atoms with Gasteiger partial charge in [-0.1, -0.05) is 77.6 Å². The lowest BCUT2D eigenvalue weighted by Gasteiger charge is -2.29. The van der Waals surface area contributed by atoms with E-state index in [1.165, 1.54) is 57.8 Å². The third-order valence-electron chi connectivity index (χ3n) is 5.25. The first kappa shape index (κ1) is 31.7. The predicted octanol–water partition coefficient (Wildman–Crippen LogP) is 4.21. The Hall–Kier alpha value is -0.340. The van der Waals surface area contributed by atoms with Crippen LogP contribution in [0.2, 0.25) is 0 Å². The number of nitrogens with zero attached hydrogens (tertiary/aromatic N) is 1. The Balaban J connectivity index is 4.22. The Labute approximate surface area is 195 Å². The Morgan fingerprint density at radius 3 is 1.81 bits per heavy atom. The minimum absolute atomic E-state index is 0.217. The van der Waals surface area contributed by atoms with Crippen molar-refractivity contribution in [2.75, 3.05) is 40.9 Å². The second-order valence-corrected chi connectivity index (χ2v) is 11.2. The fourth-order valence-electron chi connectivity index (χ4n) is 3.42. The highest BCUT2D eigenvalue weighted by Gasteiger charge is 2.34. The fourth-order valence-corrected chi connectivity index (χ4v) is 4.34. The first-order valence-corrected chi connectivity index (χ1v) is 13.8. The summed E-state index contributed by atoms with van der Waals surface area (Å²) in [5.74, 6) is -0.217. The van der Waals surface area contributed by atoms with Crippen molar-refractivity contribution < 1.29 is 38.0 Å². The molecule has 192 valence electrons. The number of Topliss-reactive ketones (excluding diaryl/α,β-unsaturated/α-hetero) is 1. The van der Waals surface area contributed by atoms with Gasteiger partial charge in [-0.15, -0.1) is 0 Å². The first-order chi connectivity index (χ1) is 15.0. The van der Waals surface area contributed by atoms with Crippen LogP contribution in [0.4, 0.5) is 0 Å². The molecule has 0 aliphatic rings. The Kier molecular flexibility index (Phi) is 17.9. The molecule has 0 amide bonds. The van der Waals surface area contributed by atoms with E-state index in [2.05, 4.69) is 6.92 Å². The van der Waals surface area contributed by atoms with Crippen LogP contribution in [0.5, 0.6) is 0 Å². The number of ketones is 1. The number of carbonyl (C=O) groups is 1. The summed E-state index contributed by atoms with van der Waals surface area (Å²) in [4.78, 5) is 22.6. The highest BCUT2D eigenvalue weighted by molar-refractivity contribution is 7.47. The second-order valence-electron chi connectivity index (χ2n) is 9.77. The first-order valence-electron chi connectivity index (χ1n) is 12.3. The van der Waals surface area contributed by atoms with Gasteiger partial charge in [0.25, 0.3) is 0 Å². The van der Waals surface area contributed by atoms with Crippen molar-refractivity contribution in [3.8, 4) is 0 Å². The normalized spacial score (nSPS) is 16.0. The van der Waals surface area contributed by atoms with E-state index in [4.69, 9.17) is 14.2 Å². The molecular weight excluding hydrogens is 433 g/mol. The minimum atomic E-state index is -4.53. The summed E-state index contributed by atoms with van der Waals surface area (Å²) in [7, 11) is 1.07. The van der Waals surface area contributed by atoms with Crippen LogP contribution >= 0.6 is 7.82 Å². The Morgan fingerprint density at radius 2 is 1.38 bits per heavy atom. The quantitative estimate of drug-likeness (QED) is 0.120. The van der Waals surface area contributed by atoms with Gasteiger partial charge in [-0.25, -0.2) is 4.57 Å². The molecule has 0 fully saturated rings. The van der Waals surface area contributed by atoms with Gasteiger partial charge in [0.05, 0.1) is 34.4 Å². The molecule has 0 rings (SSSR count). The molecule has 0 aromatic heterocycles. The summed E-state index contributed by atoms with van der Waals surface area (Å²) < 4.78 is 22.4. The van der Waals surface area contributed by atoms with Crippen molar-refractivity contribution in [1.82, 2.24) is 0 Å². The molecule has 9 heteroatoms. The van der Waals surface area contributed by atoms with Gasteiger partial charge < -0.3 is 19.6 Å². The molecule has 0 heterocycles. The molecule has 0 saturated heterocycles. The third-order valence-corrected chi connectivity index (χ3v) is 6.25. The number of hydrogen-bond donors (Lipinski definition) is 3. The maximum atomic E-state index is 12.7. The van der Waals surface area contributed by atoms with Crippen LogP contribution in [-0.2, 0) is 18.4 Å². The Morgan fingerprint density at radius 1 is 0.906 bits per heavy atom. The predicted molar refractivity (Wildman–Crippen MR) is 127 cm³/mol. The van der Waals surface area contributed by atoms with E-state index in [9.17, 15) is 19.4 Å². The number of carbonyl (C=O) groups excluding carboxylic acids is 1. The van der Waals surface area contributed by atoms with Crippen LogP contribution in [0.15, 0.2) is 0 Å². The molecule has 0 radical (unpaired) electrons. The molecule has 0 aliphatic heterocycles. The van der Waals surface area contributed by atoms with E-state index in [0.29, 0.717) is 10.9 Å². The van der Waals surface area contributed by atoms with Crippen LogP contribution in [0.1, 0.15) is 90.4 Å². The van der Waals surface area contributed by atoms with Crippen molar-refractivity contribution in [3.63, 3.8) is 0 Å². The number of quaternary nitrogens is 1. The van der Waals surface area contributed by atoms with Gasteiger partial charge in [-0.05, 0) is 6.42 Å². The van der Waals surface area contributed by atoms with Crippen molar-refractivity contribution in [2.45, 2.75) is 103 Å². The highest BCUT2D eigenvalue weighted by Crippen LogP contribution is 2.45. The van der Waals surface area contributed by atoms with Crippen molar-refractivity contribution in [2.24, 2.45) is 0 Å². The average Bonchev–Trinajstić information content (AvgIpc) is 2.71. The molecule has 0 saturated carbocycles. The summed E-state index contributed by atoms with van der Waals surface area (Å²) in [6.07, 6.45) is 12.4. The number of aliphatic hydroxyl groups is 2. The van der Waals surface area contributed by atoms with Crippen molar-refractivity contribution >= 4 is 13.6 Å². The van der Waals surface area contributed by atoms with E-state index >= 15 is 0 Å². The van der Waals surface area contributed by atoms with Crippen LogP contribution in [0.3, 0.4) is 0 Å². The van der Waals surface area contributed by atoms with Gasteiger partial charge in [0.15, 0.2) is 11.9 Å². The lowest BCUT2D eigenvalue weighted by molar-refractivity contribution is -0.872. The number of hydrogen-bond acceptors (Lipinski definition) is 6. The number of aliphatic hydroxyl groups excluding tert-OH is 2. The smallest absolute Gasteiger partial charge is 0.394 e. The van der Waals surface area contributed by atoms with Crippen molar-refractivity contribution in [3.05, 3.63) is 0 Å². The van der Waals surface area contributed by atoms with E-state index in [1.807, 2.05) is 21.1 Å². The number of phosphoric acid groups is 1. The molecule has 2 unspecified atom stereocenters. The molecule has 8 nitrogen and oxygen atoms in total. The van der Waals surface area contributed by atoms with Gasteiger partial charge in [0.2, 0.25) is 0 Å². The minimum Gasteiger partial charge on any atom is -0.394 e. The SMILES string of the molecule is CCCCCCCCCCCCCCC(=O)C(C[N+](C)(C)C)OP(=O)(O)OC[C@H](O)CO. The summed E-state index contributed by atoms with van der Waals surface area (Å²) >= 11 is 0. The Bertz CT molecular complexity index is 525. The molecule has 0 bridgehead atoms. The average molecular weight is 483 g/mol. The maximum Gasteiger partial charge on any atom is 0.473 e. The van der Waals surface area contributed by atoms with Gasteiger partial charge in [-0.2, -0.15) is 0 Å². The van der Waals surface area contributed by atoms with Gasteiger partial charge in [-0.3, -0.25) is 13.8 Å². The van der Waals surface area contributed by atoms with E-state index in [-0.39, 0.29) is 12.3 Å². The number of phosphoric ester groups is 1. The monoisotopic (exact) mass is 482 g/mol. The molecule has 32 heavy (non-hydrogen) atoms. The second kappa shape index (κ2) is 18.0. The number of rotatable bonds is 22. The lowest BCUT2D eigenvalue weighted by Crippen LogP contribution is -2.45.